The minimum Gasteiger partial charge on any atom is -0.493 e. The third-order valence-corrected chi connectivity index (χ3v) is 6.07. The summed E-state index contributed by atoms with van der Waals surface area (Å²) in [6.45, 7) is 3.14. The van der Waals surface area contributed by atoms with E-state index in [1.54, 1.807) is 12.0 Å². The molecular weight excluding hydrogens is 390 g/mol. The zero-order valence-electron chi connectivity index (χ0n) is 16.6. The zero-order valence-corrected chi connectivity index (χ0v) is 17.5. The van der Waals surface area contributed by atoms with Gasteiger partial charge in [-0.2, -0.15) is 4.37 Å². The van der Waals surface area contributed by atoms with Crippen molar-refractivity contribution in [2.75, 3.05) is 32.1 Å². The van der Waals surface area contributed by atoms with E-state index < -0.39 is 0 Å². The van der Waals surface area contributed by atoms with Gasteiger partial charge in [0.2, 0.25) is 11.8 Å². The number of carbonyl (C=O) groups excluding carboxylic acids is 2. The van der Waals surface area contributed by atoms with E-state index in [0.717, 1.165) is 17.0 Å². The van der Waals surface area contributed by atoms with Crippen LogP contribution >= 0.6 is 11.5 Å². The summed E-state index contributed by atoms with van der Waals surface area (Å²) in [5.41, 5.74) is 1.90. The van der Waals surface area contributed by atoms with E-state index in [9.17, 15) is 9.59 Å². The Labute approximate surface area is 174 Å². The number of anilines is 1. The predicted octanol–water partition coefficient (Wildman–Crippen LogP) is 3.20. The number of hydrogen-bond acceptors (Lipinski definition) is 6. The van der Waals surface area contributed by atoms with Gasteiger partial charge in [-0.05, 0) is 61.0 Å². The number of likely N-dealkylation sites (tertiary alicyclic amines) is 1. The molecular formula is C21H25N3O4S. The average molecular weight is 416 g/mol. The number of nitrogens with zero attached hydrogens (tertiary/aromatic N) is 2. The van der Waals surface area contributed by atoms with Crippen molar-refractivity contribution in [1.29, 1.82) is 0 Å². The minimum absolute atomic E-state index is 0.0121. The quantitative estimate of drug-likeness (QED) is 0.716. The minimum atomic E-state index is -0.203. The Morgan fingerprint density at radius 1 is 1.31 bits per heavy atom. The summed E-state index contributed by atoms with van der Waals surface area (Å²) in [6.07, 6.45) is 2.83. The van der Waals surface area contributed by atoms with Crippen LogP contribution in [0.15, 0.2) is 24.3 Å². The standard InChI is InChI=1S/C21H25N3O4S/c1-13-7-20(29-23-13)22-19(25)11-24-10-16(9-21(24)26)15-5-6-17(27-2)18(8-15)28-12-14-3-4-14/h5-8,14,16H,3-4,9-12H2,1-2H3,(H,22,25)/t16-/m1/s1. The molecule has 2 heterocycles. The van der Waals surface area contributed by atoms with Crippen LogP contribution in [0.1, 0.15) is 36.4 Å². The number of amides is 2. The van der Waals surface area contributed by atoms with Crippen molar-refractivity contribution in [3.05, 3.63) is 35.5 Å². The van der Waals surface area contributed by atoms with Gasteiger partial charge in [-0.25, -0.2) is 0 Å². The molecule has 0 spiro atoms. The molecule has 2 aliphatic rings. The van der Waals surface area contributed by atoms with Gasteiger partial charge in [0.25, 0.3) is 0 Å². The van der Waals surface area contributed by atoms with Crippen LogP contribution in [0.4, 0.5) is 5.00 Å². The maximum Gasteiger partial charge on any atom is 0.244 e. The molecule has 0 radical (unpaired) electrons. The van der Waals surface area contributed by atoms with Crippen molar-refractivity contribution < 1.29 is 19.1 Å². The Hall–Kier alpha value is -2.61. The van der Waals surface area contributed by atoms with Gasteiger partial charge < -0.3 is 19.7 Å². The lowest BCUT2D eigenvalue weighted by Gasteiger charge is -2.17. The summed E-state index contributed by atoms with van der Waals surface area (Å²) in [7, 11) is 1.63. The first-order valence-electron chi connectivity index (χ1n) is 9.83. The van der Waals surface area contributed by atoms with Gasteiger partial charge >= 0.3 is 0 Å². The number of aryl methyl sites for hydroxylation is 1. The molecule has 1 N–H and O–H groups in total. The van der Waals surface area contributed by atoms with Crippen molar-refractivity contribution in [3.63, 3.8) is 0 Å². The smallest absolute Gasteiger partial charge is 0.244 e. The second kappa shape index (κ2) is 8.41. The van der Waals surface area contributed by atoms with Crippen LogP contribution < -0.4 is 14.8 Å². The van der Waals surface area contributed by atoms with Gasteiger partial charge in [0.15, 0.2) is 11.5 Å². The highest BCUT2D eigenvalue weighted by atomic mass is 32.1. The molecule has 4 rings (SSSR count). The Bertz CT molecular complexity index is 909. The van der Waals surface area contributed by atoms with Crippen LogP contribution in [0.5, 0.6) is 11.5 Å². The lowest BCUT2D eigenvalue weighted by molar-refractivity contribution is -0.131. The second-order valence-electron chi connectivity index (χ2n) is 7.72. The van der Waals surface area contributed by atoms with Crippen LogP contribution in [-0.4, -0.2) is 47.9 Å². The summed E-state index contributed by atoms with van der Waals surface area (Å²) in [6, 6.07) is 7.66. The number of hydrogen-bond donors (Lipinski definition) is 1. The number of carbonyl (C=O) groups is 2. The SMILES string of the molecule is COc1ccc([C@@H]2CC(=O)N(CC(=O)Nc3cc(C)ns3)C2)cc1OCC1CC1. The molecule has 1 saturated carbocycles. The van der Waals surface area contributed by atoms with Crippen molar-refractivity contribution >= 4 is 28.3 Å². The summed E-state index contributed by atoms with van der Waals surface area (Å²) >= 11 is 1.24. The van der Waals surface area contributed by atoms with Gasteiger partial charge in [0.1, 0.15) is 5.00 Å². The zero-order chi connectivity index (χ0) is 20.4. The summed E-state index contributed by atoms with van der Waals surface area (Å²) < 4.78 is 15.5. The Balaban J connectivity index is 1.38. The first-order chi connectivity index (χ1) is 14.0. The van der Waals surface area contributed by atoms with Gasteiger partial charge in [0, 0.05) is 18.9 Å². The molecule has 8 heteroatoms. The highest BCUT2D eigenvalue weighted by Crippen LogP contribution is 2.37. The molecule has 1 atom stereocenters. The molecule has 1 aromatic heterocycles. The van der Waals surface area contributed by atoms with Crippen LogP contribution in [0.2, 0.25) is 0 Å². The monoisotopic (exact) mass is 415 g/mol. The summed E-state index contributed by atoms with van der Waals surface area (Å²) in [5.74, 6) is 1.89. The number of ether oxygens (including phenoxy) is 2. The highest BCUT2D eigenvalue weighted by molar-refractivity contribution is 7.10. The molecule has 2 fully saturated rings. The molecule has 2 amide bonds. The summed E-state index contributed by atoms with van der Waals surface area (Å²) in [4.78, 5) is 26.4. The van der Waals surface area contributed by atoms with E-state index in [4.69, 9.17) is 9.47 Å². The summed E-state index contributed by atoms with van der Waals surface area (Å²) in [5, 5.41) is 3.51. The van der Waals surface area contributed by atoms with E-state index in [1.165, 1.54) is 24.4 Å². The van der Waals surface area contributed by atoms with Gasteiger partial charge in [0.05, 0.1) is 26.0 Å². The van der Waals surface area contributed by atoms with Crippen molar-refractivity contribution in [1.82, 2.24) is 9.27 Å². The highest BCUT2D eigenvalue weighted by Gasteiger charge is 2.32. The maximum absolute atomic E-state index is 12.5. The maximum atomic E-state index is 12.5. The average Bonchev–Trinajstić information content (AvgIpc) is 3.35. The number of rotatable bonds is 8. The Kier molecular flexibility index (Phi) is 5.71. The fraction of sp³-hybridized carbons (Fsp3) is 0.476. The van der Waals surface area contributed by atoms with E-state index in [2.05, 4.69) is 9.69 Å². The van der Waals surface area contributed by atoms with Gasteiger partial charge in [-0.1, -0.05) is 6.07 Å². The molecule has 1 aromatic carbocycles. The second-order valence-corrected chi connectivity index (χ2v) is 8.53. The molecule has 154 valence electrons. The third kappa shape index (κ3) is 4.87. The predicted molar refractivity (Wildman–Crippen MR) is 111 cm³/mol. The van der Waals surface area contributed by atoms with Crippen LogP contribution in [0, 0.1) is 12.8 Å². The Morgan fingerprint density at radius 3 is 2.83 bits per heavy atom. The molecule has 0 bridgehead atoms. The first-order valence-corrected chi connectivity index (χ1v) is 10.6. The molecule has 0 unspecified atom stereocenters. The van der Waals surface area contributed by atoms with Gasteiger partial charge in [-0.15, -0.1) is 0 Å². The number of benzene rings is 1. The fourth-order valence-corrected chi connectivity index (χ4v) is 4.15. The normalized spacial score (nSPS) is 18.8. The van der Waals surface area contributed by atoms with E-state index >= 15 is 0 Å². The third-order valence-electron chi connectivity index (χ3n) is 5.27. The van der Waals surface area contributed by atoms with Crippen molar-refractivity contribution in [2.45, 2.75) is 32.1 Å². The van der Waals surface area contributed by atoms with E-state index in [0.29, 0.717) is 36.2 Å². The lowest BCUT2D eigenvalue weighted by Crippen LogP contribution is -2.34. The van der Waals surface area contributed by atoms with Crippen LogP contribution in [0.25, 0.3) is 0 Å². The van der Waals surface area contributed by atoms with E-state index in [-0.39, 0.29) is 24.3 Å². The Morgan fingerprint density at radius 2 is 2.14 bits per heavy atom. The first kappa shape index (κ1) is 19.7. The molecule has 29 heavy (non-hydrogen) atoms. The lowest BCUT2D eigenvalue weighted by atomic mass is 9.98. The van der Waals surface area contributed by atoms with Crippen LogP contribution in [-0.2, 0) is 9.59 Å². The van der Waals surface area contributed by atoms with Crippen molar-refractivity contribution in [3.8, 4) is 11.5 Å². The fourth-order valence-electron chi connectivity index (χ4n) is 3.47. The molecule has 1 aliphatic carbocycles. The number of nitrogens with one attached hydrogen (secondary N) is 1. The topological polar surface area (TPSA) is 80.8 Å². The van der Waals surface area contributed by atoms with Crippen LogP contribution in [0.3, 0.4) is 0 Å². The molecule has 7 nitrogen and oxygen atoms in total. The molecule has 1 saturated heterocycles. The van der Waals surface area contributed by atoms with Crippen molar-refractivity contribution in [2.24, 2.45) is 5.92 Å². The molecule has 1 aliphatic heterocycles. The van der Waals surface area contributed by atoms with Gasteiger partial charge in [-0.3, -0.25) is 9.59 Å². The van der Waals surface area contributed by atoms with E-state index in [1.807, 2.05) is 31.2 Å². The number of aromatic nitrogens is 1. The molecule has 2 aromatic rings. The number of methoxy groups -OCH3 is 1. The largest absolute Gasteiger partial charge is 0.493 e.